The number of pyridine rings is 1. The second-order valence-electron chi connectivity index (χ2n) is 12.1. The molecule has 2 fully saturated rings. The van der Waals surface area contributed by atoms with E-state index in [1.807, 2.05) is 20.8 Å². The number of aromatic nitrogens is 1. The molecule has 234 valence electrons. The zero-order chi connectivity index (χ0) is 31.4. The van der Waals surface area contributed by atoms with Crippen molar-refractivity contribution < 1.29 is 28.6 Å². The minimum absolute atomic E-state index is 0.228. The third-order valence-electron chi connectivity index (χ3n) is 7.41. The molecule has 2 aliphatic rings. The van der Waals surface area contributed by atoms with Crippen LogP contribution in [0.5, 0.6) is 17.2 Å². The first-order chi connectivity index (χ1) is 21.0. The summed E-state index contributed by atoms with van der Waals surface area (Å²) in [6, 6.07) is 10.0. The molecule has 0 radical (unpaired) electrons. The Morgan fingerprint density at radius 1 is 1.02 bits per heavy atom. The molecule has 1 aliphatic carbocycles. The molecule has 0 bridgehead atoms. The van der Waals surface area contributed by atoms with Crippen LogP contribution in [0.15, 0.2) is 42.6 Å². The van der Waals surface area contributed by atoms with E-state index >= 15 is 0 Å². The maximum Gasteiger partial charge on any atom is 0.410 e. The zero-order valence-electron chi connectivity index (χ0n) is 25.4. The first-order valence-corrected chi connectivity index (χ1v) is 15.1. The van der Waals surface area contributed by atoms with Gasteiger partial charge < -0.3 is 35.1 Å². The Hall–Kier alpha value is -4.25. The van der Waals surface area contributed by atoms with Gasteiger partial charge in [-0.15, -0.1) is 0 Å². The fraction of sp³-hybridized carbons (Fsp3) is 0.438. The molecule has 1 aromatic heterocycles. The van der Waals surface area contributed by atoms with Crippen molar-refractivity contribution in [2.24, 2.45) is 5.92 Å². The van der Waals surface area contributed by atoms with Gasteiger partial charge in [0, 0.05) is 49.4 Å². The average molecular weight is 624 g/mol. The lowest BCUT2D eigenvalue weighted by Gasteiger charge is -2.33. The van der Waals surface area contributed by atoms with E-state index in [1.165, 1.54) is 7.11 Å². The van der Waals surface area contributed by atoms with E-state index in [0.717, 1.165) is 25.7 Å². The van der Waals surface area contributed by atoms with Crippen LogP contribution in [0.1, 0.15) is 56.8 Å². The molecule has 0 unspecified atom stereocenters. The number of carbonyl (C=O) groups excluding carboxylic acids is 3. The zero-order valence-corrected chi connectivity index (χ0v) is 26.1. The van der Waals surface area contributed by atoms with Crippen LogP contribution < -0.4 is 25.4 Å². The van der Waals surface area contributed by atoms with E-state index in [9.17, 15) is 14.4 Å². The first-order valence-electron chi connectivity index (χ1n) is 14.8. The summed E-state index contributed by atoms with van der Waals surface area (Å²) in [4.78, 5) is 44.0. The Labute approximate surface area is 261 Å². The highest BCUT2D eigenvalue weighted by Crippen LogP contribution is 2.35. The number of halogens is 1. The van der Waals surface area contributed by atoms with Crippen molar-refractivity contribution in [2.75, 3.05) is 32.1 Å². The first kappa shape index (κ1) is 31.2. The van der Waals surface area contributed by atoms with Gasteiger partial charge in [-0.1, -0.05) is 11.6 Å². The number of nitrogens with one attached hydrogen (secondary N) is 3. The van der Waals surface area contributed by atoms with Crippen molar-refractivity contribution in [1.82, 2.24) is 20.5 Å². The summed E-state index contributed by atoms with van der Waals surface area (Å²) in [5.41, 5.74) is 0.871. The van der Waals surface area contributed by atoms with Gasteiger partial charge in [0.25, 0.3) is 5.91 Å². The lowest BCUT2D eigenvalue weighted by atomic mass is 9.97. The number of hydrogen-bond acceptors (Lipinski definition) is 7. The highest BCUT2D eigenvalue weighted by atomic mass is 35.5. The van der Waals surface area contributed by atoms with Crippen LogP contribution in [0.2, 0.25) is 5.02 Å². The predicted octanol–water partition coefficient (Wildman–Crippen LogP) is 6.35. The third kappa shape index (κ3) is 8.02. The molecule has 2 heterocycles. The number of ether oxygens (including phenoxy) is 3. The fourth-order valence-electron chi connectivity index (χ4n) is 4.92. The fourth-order valence-corrected chi connectivity index (χ4v) is 5.14. The van der Waals surface area contributed by atoms with Gasteiger partial charge in [-0.3, -0.25) is 9.78 Å². The molecule has 5 rings (SSSR count). The van der Waals surface area contributed by atoms with Crippen LogP contribution >= 0.6 is 11.6 Å². The Balaban J connectivity index is 1.24. The molecule has 11 nitrogen and oxygen atoms in total. The number of piperidine rings is 1. The summed E-state index contributed by atoms with van der Waals surface area (Å²) in [6.45, 7) is 7.18. The van der Waals surface area contributed by atoms with Crippen molar-refractivity contribution >= 4 is 46.2 Å². The van der Waals surface area contributed by atoms with Crippen LogP contribution in [-0.4, -0.2) is 66.3 Å². The van der Waals surface area contributed by atoms with Gasteiger partial charge in [-0.05, 0) is 76.6 Å². The molecule has 2 aromatic carbocycles. The Morgan fingerprint density at radius 2 is 1.77 bits per heavy atom. The van der Waals surface area contributed by atoms with Gasteiger partial charge >= 0.3 is 12.1 Å². The molecule has 1 saturated heterocycles. The van der Waals surface area contributed by atoms with Crippen molar-refractivity contribution in [1.29, 1.82) is 0 Å². The number of nitrogens with zero attached hydrogens (tertiary/aromatic N) is 2. The summed E-state index contributed by atoms with van der Waals surface area (Å²) in [5.74, 6) is 1.27. The SMILES string of the molecule is COc1cc2nccc(Oc3ccc(NC(=O)NC4CC4)c(Cl)c3)c2cc1C(=O)NCC1CCN(C(=O)OC(C)(C)C)CC1. The number of carbonyl (C=O) groups is 3. The summed E-state index contributed by atoms with van der Waals surface area (Å²) >= 11 is 6.43. The van der Waals surface area contributed by atoms with Crippen LogP contribution in [0.4, 0.5) is 15.3 Å². The Bertz CT molecular complexity index is 1550. The van der Waals surface area contributed by atoms with Crippen LogP contribution in [-0.2, 0) is 4.74 Å². The van der Waals surface area contributed by atoms with Gasteiger partial charge in [-0.25, -0.2) is 9.59 Å². The predicted molar refractivity (Wildman–Crippen MR) is 168 cm³/mol. The topological polar surface area (TPSA) is 131 Å². The summed E-state index contributed by atoms with van der Waals surface area (Å²) in [7, 11) is 1.51. The van der Waals surface area contributed by atoms with Gasteiger partial charge in [0.05, 0.1) is 28.9 Å². The molecule has 0 atom stereocenters. The highest BCUT2D eigenvalue weighted by molar-refractivity contribution is 6.33. The maximum atomic E-state index is 13.4. The van der Waals surface area contributed by atoms with Crippen LogP contribution in [0, 0.1) is 5.92 Å². The minimum Gasteiger partial charge on any atom is -0.496 e. The van der Waals surface area contributed by atoms with E-state index in [0.29, 0.717) is 64.1 Å². The second-order valence-corrected chi connectivity index (χ2v) is 12.5. The Kier molecular flexibility index (Phi) is 9.33. The molecule has 3 N–H and O–H groups in total. The smallest absolute Gasteiger partial charge is 0.410 e. The Morgan fingerprint density at radius 3 is 2.43 bits per heavy atom. The van der Waals surface area contributed by atoms with E-state index in [4.69, 9.17) is 25.8 Å². The summed E-state index contributed by atoms with van der Waals surface area (Å²) in [6.07, 6.45) is 4.80. The number of rotatable bonds is 8. The summed E-state index contributed by atoms with van der Waals surface area (Å²) in [5, 5.41) is 9.59. The average Bonchev–Trinajstić information content (AvgIpc) is 3.80. The van der Waals surface area contributed by atoms with Gasteiger partial charge in [0.15, 0.2) is 0 Å². The molecule has 4 amide bonds. The minimum atomic E-state index is -0.537. The molecular formula is C32H38ClN5O6. The number of anilines is 1. The highest BCUT2D eigenvalue weighted by Gasteiger charge is 2.28. The molecule has 44 heavy (non-hydrogen) atoms. The van der Waals surface area contributed by atoms with Crippen molar-refractivity contribution in [3.63, 3.8) is 0 Å². The molecule has 12 heteroatoms. The number of hydrogen-bond donors (Lipinski definition) is 3. The maximum absolute atomic E-state index is 13.4. The van der Waals surface area contributed by atoms with E-state index in [2.05, 4.69) is 20.9 Å². The lowest BCUT2D eigenvalue weighted by Crippen LogP contribution is -2.43. The van der Waals surface area contributed by atoms with E-state index < -0.39 is 5.60 Å². The monoisotopic (exact) mass is 623 g/mol. The van der Waals surface area contributed by atoms with Crippen LogP contribution in [0.3, 0.4) is 0 Å². The standard InChI is InChI=1S/C32H38ClN5O6/c1-32(2,3)44-31(41)38-13-10-19(11-14-38)18-35-29(39)23-16-22-26(17-28(23)42-4)34-12-9-27(22)43-21-7-8-25(24(33)15-21)37-30(40)36-20-5-6-20/h7-9,12,15-17,19-20H,5-6,10-11,13-14,18H2,1-4H3,(H,35,39)(H2,36,37,40). The van der Waals surface area contributed by atoms with E-state index in [-0.39, 0.29) is 30.0 Å². The molecule has 3 aromatic rings. The van der Waals surface area contributed by atoms with Crippen molar-refractivity contribution in [2.45, 2.75) is 58.1 Å². The normalized spacial score (nSPS) is 15.4. The van der Waals surface area contributed by atoms with Gasteiger partial charge in [0.1, 0.15) is 22.8 Å². The number of methoxy groups -OCH3 is 1. The third-order valence-corrected chi connectivity index (χ3v) is 7.73. The number of likely N-dealkylation sites (tertiary alicyclic amines) is 1. The second kappa shape index (κ2) is 13.2. The lowest BCUT2D eigenvalue weighted by molar-refractivity contribution is 0.0183. The molecular weight excluding hydrogens is 586 g/mol. The summed E-state index contributed by atoms with van der Waals surface area (Å²) < 4.78 is 17.2. The quantitative estimate of drug-likeness (QED) is 0.266. The largest absolute Gasteiger partial charge is 0.496 e. The number of urea groups is 1. The molecule has 0 spiro atoms. The number of amides is 4. The molecule has 1 saturated carbocycles. The van der Waals surface area contributed by atoms with E-state index in [1.54, 1.807) is 47.5 Å². The number of fused-ring (bicyclic) bond motifs is 1. The van der Waals surface area contributed by atoms with Crippen molar-refractivity contribution in [3.8, 4) is 17.2 Å². The van der Waals surface area contributed by atoms with Crippen molar-refractivity contribution in [3.05, 3.63) is 53.2 Å². The van der Waals surface area contributed by atoms with Crippen LogP contribution in [0.25, 0.3) is 10.9 Å². The van der Waals surface area contributed by atoms with Gasteiger partial charge in [0.2, 0.25) is 0 Å². The van der Waals surface area contributed by atoms with Gasteiger partial charge in [-0.2, -0.15) is 0 Å². The number of benzene rings is 2. The molecule has 1 aliphatic heterocycles.